The van der Waals surface area contributed by atoms with E-state index in [0.717, 1.165) is 44.5 Å². The van der Waals surface area contributed by atoms with Crippen LogP contribution in [0.25, 0.3) is 22.2 Å². The minimum absolute atomic E-state index is 0.271. The van der Waals surface area contributed by atoms with Gasteiger partial charge in [-0.2, -0.15) is 10.5 Å². The van der Waals surface area contributed by atoms with Gasteiger partial charge in [0.25, 0.3) is 0 Å². The molecule has 0 radical (unpaired) electrons. The Bertz CT molecular complexity index is 1520. The number of fused-ring (bicyclic) bond motifs is 2. The van der Waals surface area contributed by atoms with Gasteiger partial charge in [-0.3, -0.25) is 15.3 Å². The van der Waals surface area contributed by atoms with Gasteiger partial charge in [0.15, 0.2) is 6.19 Å². The summed E-state index contributed by atoms with van der Waals surface area (Å²) in [5, 5.41) is 22.7. The molecule has 0 aliphatic carbocycles. The van der Waals surface area contributed by atoms with Crippen molar-refractivity contribution >= 4 is 16.7 Å². The molecule has 5 rings (SSSR count). The first kappa shape index (κ1) is 22.2. The van der Waals surface area contributed by atoms with Crippen LogP contribution in [0.4, 0.5) is 0 Å². The number of nitrogens with one attached hydrogen (secondary N) is 1. The lowest BCUT2D eigenvalue weighted by molar-refractivity contribution is 0.0759. The Hall–Kier alpha value is -4.59. The standard InChI is InChI=1S/C28H22N6O/c1-28(16-29)17-35-15-22-8-7-20(11-24(22)28)27(33-18-30)32-14-23-12-26-21(13-31-23)9-10-25(34-26)19-5-3-2-4-6-19/h2-13H,14-15,17H2,1H3,(H,32,33)/t28-/m1/s1. The summed E-state index contributed by atoms with van der Waals surface area (Å²) in [6.45, 7) is 2.92. The zero-order valence-electron chi connectivity index (χ0n) is 19.2. The lowest BCUT2D eigenvalue weighted by atomic mass is 9.79. The molecule has 0 amide bonds. The number of aliphatic imine (C=N–C) groups is 1. The fourth-order valence-electron chi connectivity index (χ4n) is 4.23. The largest absolute Gasteiger partial charge is 0.375 e. The Morgan fingerprint density at radius 1 is 1.11 bits per heavy atom. The molecule has 1 aliphatic rings. The SMILES string of the molecule is C[C@@]1(C#N)COCc2ccc(C(=NCc3cc4nc(-c5ccccc5)ccc4cn3)NC#N)cc21. The highest BCUT2D eigenvalue weighted by Crippen LogP contribution is 2.32. The molecule has 1 N–H and O–H groups in total. The van der Waals surface area contributed by atoms with Crippen molar-refractivity contribution < 1.29 is 4.74 Å². The number of pyridine rings is 2. The Balaban J connectivity index is 1.46. The minimum atomic E-state index is -0.747. The molecule has 7 nitrogen and oxygen atoms in total. The molecule has 2 aromatic carbocycles. The highest BCUT2D eigenvalue weighted by Gasteiger charge is 2.33. The van der Waals surface area contributed by atoms with E-state index in [0.29, 0.717) is 19.0 Å². The molecule has 35 heavy (non-hydrogen) atoms. The lowest BCUT2D eigenvalue weighted by Gasteiger charge is -2.30. The number of hydrogen-bond donors (Lipinski definition) is 1. The van der Waals surface area contributed by atoms with Crippen molar-refractivity contribution in [2.75, 3.05) is 6.61 Å². The molecule has 2 aromatic heterocycles. The lowest BCUT2D eigenvalue weighted by Crippen LogP contribution is -2.32. The Morgan fingerprint density at radius 3 is 2.77 bits per heavy atom. The van der Waals surface area contributed by atoms with Gasteiger partial charge in [-0.15, -0.1) is 0 Å². The maximum Gasteiger partial charge on any atom is 0.182 e. The molecule has 0 bridgehead atoms. The van der Waals surface area contributed by atoms with Gasteiger partial charge in [-0.1, -0.05) is 42.5 Å². The van der Waals surface area contributed by atoms with Gasteiger partial charge in [-0.25, -0.2) is 4.98 Å². The first-order valence-corrected chi connectivity index (χ1v) is 11.2. The number of nitrogens with zero attached hydrogens (tertiary/aromatic N) is 5. The first-order chi connectivity index (χ1) is 17.1. The van der Waals surface area contributed by atoms with E-state index in [9.17, 15) is 10.5 Å². The van der Waals surface area contributed by atoms with Gasteiger partial charge in [-0.05, 0) is 42.3 Å². The maximum absolute atomic E-state index is 9.72. The van der Waals surface area contributed by atoms with Crippen molar-refractivity contribution in [2.24, 2.45) is 4.99 Å². The third-order valence-electron chi connectivity index (χ3n) is 6.15. The van der Waals surface area contributed by atoms with E-state index in [-0.39, 0.29) is 6.54 Å². The van der Waals surface area contributed by atoms with Crippen molar-refractivity contribution in [1.82, 2.24) is 15.3 Å². The van der Waals surface area contributed by atoms with E-state index in [1.807, 2.05) is 79.8 Å². The fraction of sp³-hybridized carbons (Fsp3) is 0.179. The second kappa shape index (κ2) is 9.34. The molecule has 4 aromatic rings. The first-order valence-electron chi connectivity index (χ1n) is 11.2. The van der Waals surface area contributed by atoms with Gasteiger partial charge < -0.3 is 4.74 Å². The molecule has 0 saturated heterocycles. The van der Waals surface area contributed by atoms with Crippen LogP contribution in [0.5, 0.6) is 0 Å². The number of ether oxygens (including phenoxy) is 1. The summed E-state index contributed by atoms with van der Waals surface area (Å²) in [5.74, 6) is 0.426. The predicted molar refractivity (Wildman–Crippen MR) is 133 cm³/mol. The topological polar surface area (TPSA) is 107 Å². The summed E-state index contributed by atoms with van der Waals surface area (Å²) in [4.78, 5) is 14.0. The summed E-state index contributed by atoms with van der Waals surface area (Å²) in [5.41, 5.74) is 5.37. The maximum atomic E-state index is 9.72. The summed E-state index contributed by atoms with van der Waals surface area (Å²) in [7, 11) is 0. The van der Waals surface area contributed by atoms with E-state index < -0.39 is 5.41 Å². The van der Waals surface area contributed by atoms with Crippen molar-refractivity contribution in [3.63, 3.8) is 0 Å². The van der Waals surface area contributed by atoms with Crippen LogP contribution < -0.4 is 5.32 Å². The molecule has 0 spiro atoms. The number of benzene rings is 2. The van der Waals surface area contributed by atoms with E-state index in [2.05, 4.69) is 21.4 Å². The number of amidine groups is 1. The van der Waals surface area contributed by atoms with Crippen LogP contribution >= 0.6 is 0 Å². The molecule has 0 fully saturated rings. The highest BCUT2D eigenvalue weighted by molar-refractivity contribution is 6.00. The quantitative estimate of drug-likeness (QED) is 0.207. The third kappa shape index (κ3) is 4.46. The van der Waals surface area contributed by atoms with Crippen LogP contribution in [-0.4, -0.2) is 22.4 Å². The molecule has 0 unspecified atom stereocenters. The number of nitriles is 2. The number of rotatable bonds is 4. The zero-order valence-corrected chi connectivity index (χ0v) is 19.2. The van der Waals surface area contributed by atoms with Crippen LogP contribution in [0.2, 0.25) is 0 Å². The highest BCUT2D eigenvalue weighted by atomic mass is 16.5. The van der Waals surface area contributed by atoms with Crippen LogP contribution in [0.3, 0.4) is 0 Å². The van der Waals surface area contributed by atoms with Crippen molar-refractivity contribution in [3.05, 3.63) is 95.3 Å². The normalized spacial score (nSPS) is 17.3. The van der Waals surface area contributed by atoms with E-state index in [4.69, 9.17) is 9.72 Å². The molecule has 0 saturated carbocycles. The molecule has 1 atom stereocenters. The minimum Gasteiger partial charge on any atom is -0.375 e. The molecular weight excluding hydrogens is 436 g/mol. The molecule has 1 aliphatic heterocycles. The monoisotopic (exact) mass is 458 g/mol. The van der Waals surface area contributed by atoms with E-state index in [1.54, 1.807) is 6.20 Å². The summed E-state index contributed by atoms with van der Waals surface area (Å²) >= 11 is 0. The van der Waals surface area contributed by atoms with Crippen molar-refractivity contribution in [3.8, 4) is 23.5 Å². The Kier molecular flexibility index (Phi) is 5.93. The van der Waals surface area contributed by atoms with Gasteiger partial charge in [0.2, 0.25) is 0 Å². The van der Waals surface area contributed by atoms with Crippen molar-refractivity contribution in [1.29, 1.82) is 10.5 Å². The zero-order chi connectivity index (χ0) is 24.3. The van der Waals surface area contributed by atoms with Crippen LogP contribution in [0.1, 0.15) is 29.3 Å². The molecule has 170 valence electrons. The molecule has 7 heteroatoms. The second-order valence-electron chi connectivity index (χ2n) is 8.64. The van der Waals surface area contributed by atoms with E-state index in [1.165, 1.54) is 0 Å². The summed E-state index contributed by atoms with van der Waals surface area (Å²) in [6, 6.07) is 24.0. The van der Waals surface area contributed by atoms with Crippen LogP contribution in [0.15, 0.2) is 77.9 Å². The van der Waals surface area contributed by atoms with Gasteiger partial charge in [0.1, 0.15) is 11.3 Å². The molecular formula is C28H22N6O. The average Bonchev–Trinajstić information content (AvgIpc) is 2.91. The third-order valence-corrected chi connectivity index (χ3v) is 6.15. The summed E-state index contributed by atoms with van der Waals surface area (Å²) < 4.78 is 5.59. The Morgan fingerprint density at radius 2 is 1.97 bits per heavy atom. The van der Waals surface area contributed by atoms with Gasteiger partial charge in [0.05, 0.1) is 42.7 Å². The van der Waals surface area contributed by atoms with Gasteiger partial charge >= 0.3 is 0 Å². The number of hydrogen-bond acceptors (Lipinski definition) is 6. The van der Waals surface area contributed by atoms with Crippen LogP contribution in [-0.2, 0) is 23.3 Å². The fourth-order valence-corrected chi connectivity index (χ4v) is 4.23. The average molecular weight is 459 g/mol. The Labute approximate surface area is 203 Å². The smallest absolute Gasteiger partial charge is 0.182 e. The second-order valence-corrected chi connectivity index (χ2v) is 8.64. The van der Waals surface area contributed by atoms with Crippen LogP contribution in [0, 0.1) is 22.8 Å². The predicted octanol–water partition coefficient (Wildman–Crippen LogP) is 4.63. The van der Waals surface area contributed by atoms with Crippen molar-refractivity contribution in [2.45, 2.75) is 25.5 Å². The molecule has 3 heterocycles. The van der Waals surface area contributed by atoms with Gasteiger partial charge in [0, 0.05) is 22.7 Å². The summed E-state index contributed by atoms with van der Waals surface area (Å²) in [6.07, 6.45) is 3.76. The number of aromatic nitrogens is 2. The van der Waals surface area contributed by atoms with E-state index >= 15 is 0 Å².